The summed E-state index contributed by atoms with van der Waals surface area (Å²) in [4.78, 5) is 7.53. The van der Waals surface area contributed by atoms with Crippen LogP contribution in [-0.4, -0.2) is 18.4 Å². The molecular weight excluding hydrogens is 309 g/mol. The Bertz CT molecular complexity index is 720. The smallest absolute Gasteiger partial charge is 0.263 e. The van der Waals surface area contributed by atoms with E-state index in [0.717, 1.165) is 0 Å². The highest BCUT2D eigenvalue weighted by atomic mass is 35.5. The van der Waals surface area contributed by atoms with Crippen LogP contribution >= 0.6 is 23.2 Å². The number of nitrogens with one attached hydrogen (secondary N) is 1. The van der Waals surface area contributed by atoms with Crippen LogP contribution in [0, 0.1) is 6.92 Å². The highest BCUT2D eigenvalue weighted by Crippen LogP contribution is 2.22. The Balaban J connectivity index is 2.40. The Hall–Kier alpha value is -1.37. The molecule has 0 aliphatic carbocycles. The quantitative estimate of drug-likeness (QED) is 0.883. The van der Waals surface area contributed by atoms with Gasteiger partial charge in [0.1, 0.15) is 5.82 Å². The lowest BCUT2D eigenvalue weighted by Crippen LogP contribution is -2.15. The average molecular weight is 318 g/mol. The van der Waals surface area contributed by atoms with Crippen molar-refractivity contribution in [1.29, 1.82) is 0 Å². The molecule has 0 saturated carbocycles. The third kappa shape index (κ3) is 3.34. The molecule has 1 heterocycles. The minimum absolute atomic E-state index is 0.0389. The predicted octanol–water partition coefficient (Wildman–Crippen LogP) is 2.89. The normalized spacial score (nSPS) is 11.3. The number of anilines is 1. The third-order valence-electron chi connectivity index (χ3n) is 2.30. The summed E-state index contributed by atoms with van der Waals surface area (Å²) in [5.41, 5.74) is 0.581. The first-order chi connectivity index (χ1) is 8.88. The van der Waals surface area contributed by atoms with Crippen LogP contribution in [0.25, 0.3) is 0 Å². The van der Waals surface area contributed by atoms with Gasteiger partial charge in [0, 0.05) is 11.2 Å². The van der Waals surface area contributed by atoms with Crippen LogP contribution in [0.2, 0.25) is 10.3 Å². The van der Waals surface area contributed by atoms with Crippen LogP contribution in [0.1, 0.15) is 5.56 Å². The molecule has 0 atom stereocenters. The molecule has 0 bridgehead atoms. The Labute approximate surface area is 120 Å². The molecule has 0 aliphatic rings. The van der Waals surface area contributed by atoms with E-state index < -0.39 is 10.0 Å². The summed E-state index contributed by atoms with van der Waals surface area (Å²) in [5.74, 6) is 0.0966. The fraction of sp³-hybridized carbons (Fsp3) is 0.0909. The van der Waals surface area contributed by atoms with E-state index in [1.165, 1.54) is 18.3 Å². The minimum Gasteiger partial charge on any atom is -0.263 e. The van der Waals surface area contributed by atoms with Gasteiger partial charge in [0.2, 0.25) is 5.28 Å². The molecule has 1 aromatic heterocycles. The molecule has 0 radical (unpaired) electrons. The van der Waals surface area contributed by atoms with Gasteiger partial charge >= 0.3 is 0 Å². The molecule has 0 fully saturated rings. The molecule has 0 aliphatic heterocycles. The van der Waals surface area contributed by atoms with Crippen molar-refractivity contribution in [2.45, 2.75) is 11.8 Å². The molecular formula is C11H9Cl2N3O2S. The van der Waals surface area contributed by atoms with Crippen LogP contribution in [0.3, 0.4) is 0 Å². The Kier molecular flexibility index (Phi) is 3.93. The number of benzene rings is 1. The predicted molar refractivity (Wildman–Crippen MR) is 74.0 cm³/mol. The SMILES string of the molecule is Cc1ccc(Cl)cc1S(=O)(=O)Nc1ccnc(Cl)n1. The zero-order valence-corrected chi connectivity index (χ0v) is 12.1. The number of hydrogen-bond acceptors (Lipinski definition) is 4. The largest absolute Gasteiger partial charge is 0.263 e. The van der Waals surface area contributed by atoms with Crippen molar-refractivity contribution in [3.8, 4) is 0 Å². The van der Waals surface area contributed by atoms with Crippen LogP contribution in [0.5, 0.6) is 0 Å². The van der Waals surface area contributed by atoms with E-state index in [2.05, 4.69) is 14.7 Å². The third-order valence-corrected chi connectivity index (χ3v) is 4.22. The van der Waals surface area contributed by atoms with Gasteiger partial charge in [0.05, 0.1) is 4.90 Å². The van der Waals surface area contributed by atoms with Crippen molar-refractivity contribution in [3.05, 3.63) is 46.3 Å². The van der Waals surface area contributed by atoms with E-state index in [9.17, 15) is 8.42 Å². The second kappa shape index (κ2) is 5.32. The molecule has 2 aromatic rings. The van der Waals surface area contributed by atoms with Gasteiger partial charge in [-0.3, -0.25) is 4.72 Å². The fourth-order valence-corrected chi connectivity index (χ4v) is 3.11. The number of aryl methyl sites for hydroxylation is 1. The molecule has 0 spiro atoms. The van der Waals surface area contributed by atoms with E-state index in [4.69, 9.17) is 23.2 Å². The van der Waals surface area contributed by atoms with Crippen molar-refractivity contribution >= 4 is 39.0 Å². The van der Waals surface area contributed by atoms with Gasteiger partial charge < -0.3 is 0 Å². The molecule has 1 N–H and O–H groups in total. The fourth-order valence-electron chi connectivity index (χ4n) is 1.45. The first kappa shape index (κ1) is 14.0. The maximum absolute atomic E-state index is 12.2. The highest BCUT2D eigenvalue weighted by Gasteiger charge is 2.18. The van der Waals surface area contributed by atoms with Crippen molar-refractivity contribution in [3.63, 3.8) is 0 Å². The number of sulfonamides is 1. The summed E-state index contributed by atoms with van der Waals surface area (Å²) in [6, 6.07) is 6.03. The maximum atomic E-state index is 12.2. The second-order valence-electron chi connectivity index (χ2n) is 3.73. The van der Waals surface area contributed by atoms with Gasteiger partial charge in [-0.05, 0) is 42.3 Å². The number of halogens is 2. The zero-order valence-electron chi connectivity index (χ0n) is 9.76. The summed E-state index contributed by atoms with van der Waals surface area (Å²) >= 11 is 11.4. The van der Waals surface area contributed by atoms with Crippen molar-refractivity contribution in [1.82, 2.24) is 9.97 Å². The summed E-state index contributed by atoms with van der Waals surface area (Å²) in [7, 11) is -3.77. The molecule has 8 heteroatoms. The lowest BCUT2D eigenvalue weighted by molar-refractivity contribution is 0.600. The first-order valence-corrected chi connectivity index (χ1v) is 7.40. The highest BCUT2D eigenvalue weighted by molar-refractivity contribution is 7.92. The van der Waals surface area contributed by atoms with Crippen LogP contribution in [0.4, 0.5) is 5.82 Å². The number of aromatic nitrogens is 2. The van der Waals surface area contributed by atoms with Crippen LogP contribution < -0.4 is 4.72 Å². The van der Waals surface area contributed by atoms with Gasteiger partial charge in [0.15, 0.2) is 0 Å². The van der Waals surface area contributed by atoms with Gasteiger partial charge in [-0.25, -0.2) is 13.4 Å². The van der Waals surface area contributed by atoms with Gasteiger partial charge in [-0.15, -0.1) is 0 Å². The van der Waals surface area contributed by atoms with Crippen molar-refractivity contribution in [2.24, 2.45) is 0 Å². The lowest BCUT2D eigenvalue weighted by atomic mass is 10.2. The Morgan fingerprint density at radius 3 is 2.63 bits per heavy atom. The average Bonchev–Trinajstić information content (AvgIpc) is 2.31. The minimum atomic E-state index is -3.77. The van der Waals surface area contributed by atoms with Gasteiger partial charge in [-0.1, -0.05) is 17.7 Å². The second-order valence-corrected chi connectivity index (χ2v) is 6.15. The van der Waals surface area contributed by atoms with Crippen molar-refractivity contribution in [2.75, 3.05) is 4.72 Å². The summed E-state index contributed by atoms with van der Waals surface area (Å²) in [5, 5.41) is 0.301. The van der Waals surface area contributed by atoms with Crippen LogP contribution in [0.15, 0.2) is 35.4 Å². The van der Waals surface area contributed by atoms with E-state index in [1.807, 2.05) is 0 Å². The number of rotatable bonds is 3. The molecule has 1 aromatic carbocycles. The van der Waals surface area contributed by atoms with Crippen LogP contribution in [-0.2, 0) is 10.0 Å². The number of hydrogen-bond donors (Lipinski definition) is 1. The van der Waals surface area contributed by atoms with Gasteiger partial charge in [0.25, 0.3) is 10.0 Å². The first-order valence-electron chi connectivity index (χ1n) is 5.16. The molecule has 5 nitrogen and oxygen atoms in total. The number of nitrogens with zero attached hydrogens (tertiary/aromatic N) is 2. The Morgan fingerprint density at radius 2 is 1.95 bits per heavy atom. The maximum Gasteiger partial charge on any atom is 0.263 e. The molecule has 19 heavy (non-hydrogen) atoms. The zero-order chi connectivity index (χ0) is 14.0. The van der Waals surface area contributed by atoms with Crippen molar-refractivity contribution < 1.29 is 8.42 Å². The molecule has 2 rings (SSSR count). The molecule has 0 amide bonds. The van der Waals surface area contributed by atoms with E-state index in [0.29, 0.717) is 10.6 Å². The summed E-state index contributed by atoms with van der Waals surface area (Å²) < 4.78 is 26.7. The monoisotopic (exact) mass is 317 g/mol. The Morgan fingerprint density at radius 1 is 1.21 bits per heavy atom. The lowest BCUT2D eigenvalue weighted by Gasteiger charge is -2.09. The van der Waals surface area contributed by atoms with Gasteiger partial charge in [-0.2, -0.15) is 4.98 Å². The van der Waals surface area contributed by atoms with E-state index >= 15 is 0 Å². The summed E-state index contributed by atoms with van der Waals surface area (Å²) in [6.45, 7) is 1.68. The van der Waals surface area contributed by atoms with E-state index in [1.54, 1.807) is 19.1 Å². The standard InChI is InChI=1S/C11H9Cl2N3O2S/c1-7-2-3-8(12)6-9(7)19(17,18)16-10-4-5-14-11(13)15-10/h2-6H,1H3,(H,14,15,16). The molecule has 0 unspecified atom stereocenters. The molecule has 0 saturated heterocycles. The summed E-state index contributed by atoms with van der Waals surface area (Å²) in [6.07, 6.45) is 1.36. The van der Waals surface area contributed by atoms with E-state index in [-0.39, 0.29) is 16.0 Å². The molecule has 100 valence electrons. The topological polar surface area (TPSA) is 72.0 Å².